The number of amides is 1. The number of hydrogen-bond donors (Lipinski definition) is 1. The highest BCUT2D eigenvalue weighted by atomic mass is 16.3. The van der Waals surface area contributed by atoms with Gasteiger partial charge in [0, 0.05) is 18.4 Å². The average molecular weight is 259 g/mol. The molecule has 1 heterocycles. The van der Waals surface area contributed by atoms with Crippen molar-refractivity contribution in [2.75, 3.05) is 6.61 Å². The Balaban J connectivity index is 2.23. The molecule has 1 aromatic carbocycles. The first-order valence-electron chi connectivity index (χ1n) is 6.35. The first-order valence-corrected chi connectivity index (χ1v) is 6.35. The lowest BCUT2D eigenvalue weighted by molar-refractivity contribution is -0.149. The van der Waals surface area contributed by atoms with E-state index in [9.17, 15) is 9.59 Å². The Bertz CT molecular complexity index is 495. The van der Waals surface area contributed by atoms with E-state index in [-0.39, 0.29) is 18.3 Å². The van der Waals surface area contributed by atoms with Crippen molar-refractivity contribution >= 4 is 11.7 Å². The smallest absolute Gasteiger partial charge is 0.232 e. The number of rotatable bonds is 5. The van der Waals surface area contributed by atoms with Crippen LogP contribution in [0.1, 0.15) is 23.7 Å². The van der Waals surface area contributed by atoms with Gasteiger partial charge >= 0.3 is 0 Å². The highest BCUT2D eigenvalue weighted by molar-refractivity contribution is 6.08. The maximum Gasteiger partial charge on any atom is 0.232 e. The Morgan fingerprint density at radius 3 is 2.63 bits per heavy atom. The molecule has 2 rings (SSSR count). The lowest BCUT2D eigenvalue weighted by Gasteiger charge is -2.44. The zero-order valence-corrected chi connectivity index (χ0v) is 10.8. The monoisotopic (exact) mass is 259 g/mol. The maximum atomic E-state index is 12.4. The summed E-state index contributed by atoms with van der Waals surface area (Å²) in [6.45, 7) is 1.72. The van der Waals surface area contributed by atoms with Crippen molar-refractivity contribution in [1.82, 2.24) is 4.90 Å². The first-order chi connectivity index (χ1) is 9.20. The Hall–Kier alpha value is -1.94. The quantitative estimate of drug-likeness (QED) is 0.645. The van der Waals surface area contributed by atoms with Gasteiger partial charge in [-0.25, -0.2) is 0 Å². The third kappa shape index (κ3) is 2.44. The predicted octanol–water partition coefficient (Wildman–Crippen LogP) is 1.61. The van der Waals surface area contributed by atoms with E-state index in [1.165, 1.54) is 4.90 Å². The van der Waals surface area contributed by atoms with Gasteiger partial charge < -0.3 is 10.0 Å². The summed E-state index contributed by atoms with van der Waals surface area (Å²) >= 11 is 0. The molecule has 0 aliphatic carbocycles. The number of carbonyl (C=O) groups is 2. The van der Waals surface area contributed by atoms with Crippen LogP contribution in [0.15, 0.2) is 42.6 Å². The number of β-lactam (4-membered cyclic amide) rings is 1. The van der Waals surface area contributed by atoms with Gasteiger partial charge in [-0.05, 0) is 13.3 Å². The number of benzene rings is 1. The fourth-order valence-electron chi connectivity index (χ4n) is 2.40. The van der Waals surface area contributed by atoms with Gasteiger partial charge in [-0.15, -0.1) is 0 Å². The van der Waals surface area contributed by atoms with Crippen LogP contribution >= 0.6 is 0 Å². The minimum atomic E-state index is -0.488. The van der Waals surface area contributed by atoms with Crippen molar-refractivity contribution in [3.05, 3.63) is 48.2 Å². The SMILES string of the molecule is CC=CN1C(=O)[C@@H](CCO)[C@H]1C(=O)c1ccccc1. The lowest BCUT2D eigenvalue weighted by atomic mass is 9.80. The summed E-state index contributed by atoms with van der Waals surface area (Å²) in [5, 5.41) is 9.01. The van der Waals surface area contributed by atoms with E-state index in [1.807, 2.05) is 6.07 Å². The molecular formula is C15H17NO3. The summed E-state index contributed by atoms with van der Waals surface area (Å²) < 4.78 is 0. The summed E-state index contributed by atoms with van der Waals surface area (Å²) in [5.41, 5.74) is 0.595. The second-order valence-electron chi connectivity index (χ2n) is 4.52. The molecular weight excluding hydrogens is 242 g/mol. The summed E-state index contributed by atoms with van der Waals surface area (Å²) in [5.74, 6) is -0.577. The Labute approximate surface area is 112 Å². The molecule has 1 aliphatic rings. The van der Waals surface area contributed by atoms with Gasteiger partial charge in [-0.2, -0.15) is 0 Å². The zero-order valence-electron chi connectivity index (χ0n) is 10.8. The van der Waals surface area contributed by atoms with Gasteiger partial charge in [0.15, 0.2) is 5.78 Å². The van der Waals surface area contributed by atoms with Gasteiger partial charge in [0.25, 0.3) is 0 Å². The molecule has 4 nitrogen and oxygen atoms in total. The van der Waals surface area contributed by atoms with Crippen LogP contribution in [0.5, 0.6) is 0 Å². The number of ketones is 1. The van der Waals surface area contributed by atoms with Gasteiger partial charge in [-0.3, -0.25) is 9.59 Å². The van der Waals surface area contributed by atoms with Crippen molar-refractivity contribution < 1.29 is 14.7 Å². The molecule has 1 aromatic rings. The molecule has 100 valence electrons. The van der Waals surface area contributed by atoms with Crippen molar-refractivity contribution in [1.29, 1.82) is 0 Å². The van der Waals surface area contributed by atoms with E-state index in [4.69, 9.17) is 5.11 Å². The zero-order chi connectivity index (χ0) is 13.8. The number of aliphatic hydroxyl groups excluding tert-OH is 1. The molecule has 1 N–H and O–H groups in total. The number of aliphatic hydroxyl groups is 1. The van der Waals surface area contributed by atoms with E-state index in [0.29, 0.717) is 12.0 Å². The van der Waals surface area contributed by atoms with E-state index in [0.717, 1.165) is 0 Å². The van der Waals surface area contributed by atoms with Crippen LogP contribution in [0.2, 0.25) is 0 Å². The molecule has 4 heteroatoms. The standard InChI is InChI=1S/C15H17NO3/c1-2-9-16-13(12(8-10-17)15(16)19)14(18)11-6-4-3-5-7-11/h2-7,9,12-13,17H,8,10H2,1H3/t12-,13-/m0/s1. The minimum absolute atomic E-state index is 0.0725. The molecule has 0 aromatic heterocycles. The van der Waals surface area contributed by atoms with Crippen LogP contribution < -0.4 is 0 Å². The third-order valence-corrected chi connectivity index (χ3v) is 3.33. The molecule has 2 atom stereocenters. The second kappa shape index (κ2) is 5.80. The molecule has 0 saturated carbocycles. The summed E-state index contributed by atoms with van der Waals surface area (Å²) in [6, 6.07) is 8.45. The largest absolute Gasteiger partial charge is 0.396 e. The van der Waals surface area contributed by atoms with Crippen LogP contribution in [0.4, 0.5) is 0 Å². The molecule has 0 unspecified atom stereocenters. The lowest BCUT2D eigenvalue weighted by Crippen LogP contribution is -2.62. The van der Waals surface area contributed by atoms with E-state index < -0.39 is 12.0 Å². The van der Waals surface area contributed by atoms with Crippen LogP contribution in [0.3, 0.4) is 0 Å². The molecule has 0 radical (unpaired) electrons. The molecule has 1 amide bonds. The Morgan fingerprint density at radius 1 is 1.37 bits per heavy atom. The summed E-state index contributed by atoms with van der Waals surface area (Å²) in [6.07, 6.45) is 3.69. The number of likely N-dealkylation sites (tertiary alicyclic amines) is 1. The average Bonchev–Trinajstić information content (AvgIpc) is 2.46. The Morgan fingerprint density at radius 2 is 2.05 bits per heavy atom. The molecule has 1 saturated heterocycles. The highest BCUT2D eigenvalue weighted by Crippen LogP contribution is 2.32. The number of Topliss-reactive ketones (excluding diaryl/α,β-unsaturated/α-hetero) is 1. The number of hydrogen-bond acceptors (Lipinski definition) is 3. The van der Waals surface area contributed by atoms with E-state index in [1.54, 1.807) is 43.5 Å². The summed E-state index contributed by atoms with van der Waals surface area (Å²) in [7, 11) is 0. The van der Waals surface area contributed by atoms with Gasteiger partial charge in [0.2, 0.25) is 5.91 Å². The maximum absolute atomic E-state index is 12.4. The third-order valence-electron chi connectivity index (χ3n) is 3.33. The van der Waals surface area contributed by atoms with Crippen LogP contribution in [0.25, 0.3) is 0 Å². The molecule has 1 aliphatic heterocycles. The van der Waals surface area contributed by atoms with E-state index in [2.05, 4.69) is 0 Å². The van der Waals surface area contributed by atoms with Gasteiger partial charge in [-0.1, -0.05) is 36.4 Å². The van der Waals surface area contributed by atoms with Crippen LogP contribution in [0, 0.1) is 5.92 Å². The topological polar surface area (TPSA) is 57.6 Å². The van der Waals surface area contributed by atoms with Crippen molar-refractivity contribution in [3.8, 4) is 0 Å². The van der Waals surface area contributed by atoms with Crippen LogP contribution in [-0.2, 0) is 4.79 Å². The van der Waals surface area contributed by atoms with Crippen molar-refractivity contribution in [2.24, 2.45) is 5.92 Å². The molecule has 19 heavy (non-hydrogen) atoms. The molecule has 1 fully saturated rings. The number of allylic oxidation sites excluding steroid dienone is 1. The van der Waals surface area contributed by atoms with Gasteiger partial charge in [0.1, 0.15) is 6.04 Å². The van der Waals surface area contributed by atoms with Crippen molar-refractivity contribution in [2.45, 2.75) is 19.4 Å². The summed E-state index contributed by atoms with van der Waals surface area (Å²) in [4.78, 5) is 25.8. The van der Waals surface area contributed by atoms with E-state index >= 15 is 0 Å². The fourth-order valence-corrected chi connectivity index (χ4v) is 2.40. The Kier molecular flexibility index (Phi) is 4.12. The fraction of sp³-hybridized carbons (Fsp3) is 0.333. The predicted molar refractivity (Wildman–Crippen MR) is 71.4 cm³/mol. The van der Waals surface area contributed by atoms with Crippen LogP contribution in [-0.4, -0.2) is 34.3 Å². The van der Waals surface area contributed by atoms with Gasteiger partial charge in [0.05, 0.1) is 5.92 Å². The normalized spacial score (nSPS) is 22.6. The number of nitrogens with zero attached hydrogens (tertiary/aromatic N) is 1. The highest BCUT2D eigenvalue weighted by Gasteiger charge is 2.49. The first kappa shape index (κ1) is 13.5. The molecule has 0 spiro atoms. The van der Waals surface area contributed by atoms with Crippen molar-refractivity contribution in [3.63, 3.8) is 0 Å². The molecule has 0 bridgehead atoms. The second-order valence-corrected chi connectivity index (χ2v) is 4.52. The number of carbonyl (C=O) groups excluding carboxylic acids is 2. The minimum Gasteiger partial charge on any atom is -0.396 e.